The Morgan fingerprint density at radius 1 is 1.04 bits per heavy atom. The molecule has 4 nitrogen and oxygen atoms in total. The predicted octanol–water partition coefficient (Wildman–Crippen LogP) is 3.22. The summed E-state index contributed by atoms with van der Waals surface area (Å²) in [6.07, 6.45) is 1.88. The largest absolute Gasteiger partial charge is 0.490 e. The number of carbonyl (C=O) groups is 1. The highest BCUT2D eigenvalue weighted by Crippen LogP contribution is 2.22. The summed E-state index contributed by atoms with van der Waals surface area (Å²) in [7, 11) is 0. The maximum Gasteiger partial charge on any atom is 0.231 e. The maximum absolute atomic E-state index is 12.8. The molecule has 2 aromatic carbocycles. The number of ether oxygens (including phenoxy) is 1. The molecule has 1 fully saturated rings. The van der Waals surface area contributed by atoms with Crippen LogP contribution in [0.2, 0.25) is 0 Å². The molecule has 1 heterocycles. The van der Waals surface area contributed by atoms with Crippen molar-refractivity contribution in [2.45, 2.75) is 24.9 Å². The molecule has 0 radical (unpaired) electrons. The van der Waals surface area contributed by atoms with Gasteiger partial charge in [-0.2, -0.15) is 0 Å². The minimum atomic E-state index is -0.252. The normalized spacial score (nSPS) is 16.0. The monoisotopic (exact) mass is 360 g/mol. The first-order chi connectivity index (χ1) is 11.8. The smallest absolute Gasteiger partial charge is 0.231 e. The Morgan fingerprint density at radius 2 is 1.60 bits per heavy atom. The molecule has 1 aliphatic rings. The highest BCUT2D eigenvalue weighted by atomic mass is 35.5. The molecule has 1 amide bonds. The van der Waals surface area contributed by atoms with E-state index in [1.807, 2.05) is 65.6 Å². The van der Waals surface area contributed by atoms with E-state index in [0.29, 0.717) is 6.54 Å². The molecule has 0 spiro atoms. The van der Waals surface area contributed by atoms with Crippen LogP contribution in [0, 0.1) is 0 Å². The fourth-order valence-electron chi connectivity index (χ4n) is 3.17. The average Bonchev–Trinajstić information content (AvgIpc) is 2.65. The molecule has 0 bridgehead atoms. The molecule has 3 rings (SSSR count). The lowest BCUT2D eigenvalue weighted by Gasteiger charge is -2.34. The van der Waals surface area contributed by atoms with Gasteiger partial charge < -0.3 is 15.4 Å². The van der Waals surface area contributed by atoms with Crippen LogP contribution in [0.1, 0.15) is 24.3 Å². The third-order valence-electron chi connectivity index (χ3n) is 4.54. The zero-order chi connectivity index (χ0) is 16.8. The number of hydrogen-bond acceptors (Lipinski definition) is 3. The molecule has 0 aliphatic carbocycles. The molecule has 2 aromatic rings. The summed E-state index contributed by atoms with van der Waals surface area (Å²) in [5, 5.41) is 0. The summed E-state index contributed by atoms with van der Waals surface area (Å²) in [6.45, 7) is 1.78. The van der Waals surface area contributed by atoms with Gasteiger partial charge in [-0.05, 0) is 17.7 Å². The van der Waals surface area contributed by atoms with Crippen molar-refractivity contribution in [3.8, 4) is 5.75 Å². The number of amides is 1. The van der Waals surface area contributed by atoms with Gasteiger partial charge >= 0.3 is 0 Å². The Kier molecular flexibility index (Phi) is 7.29. The van der Waals surface area contributed by atoms with Gasteiger partial charge in [0, 0.05) is 32.5 Å². The number of rotatable bonds is 5. The van der Waals surface area contributed by atoms with Crippen molar-refractivity contribution in [1.82, 2.24) is 4.90 Å². The zero-order valence-electron chi connectivity index (χ0n) is 14.2. The van der Waals surface area contributed by atoms with Gasteiger partial charge in [-0.15, -0.1) is 12.4 Å². The van der Waals surface area contributed by atoms with Gasteiger partial charge in [0.05, 0.1) is 5.92 Å². The number of piperidine rings is 1. The molecule has 5 heteroatoms. The number of halogens is 1. The van der Waals surface area contributed by atoms with E-state index >= 15 is 0 Å². The summed E-state index contributed by atoms with van der Waals surface area (Å²) in [5.41, 5.74) is 6.86. The van der Waals surface area contributed by atoms with Crippen LogP contribution in [0.15, 0.2) is 60.7 Å². The van der Waals surface area contributed by atoms with E-state index in [-0.39, 0.29) is 30.3 Å². The highest BCUT2D eigenvalue weighted by molar-refractivity contribution is 5.85. The molecular formula is C20H25ClN2O2. The molecule has 1 atom stereocenters. The SMILES string of the molecule is Cl.NCC(C(=O)N1CCC(Oc2ccccc2)CC1)c1ccccc1. The quantitative estimate of drug-likeness (QED) is 0.890. The molecule has 2 N–H and O–H groups in total. The molecule has 1 saturated heterocycles. The molecule has 134 valence electrons. The summed E-state index contributed by atoms with van der Waals surface area (Å²) in [5.74, 6) is 0.769. The minimum Gasteiger partial charge on any atom is -0.490 e. The van der Waals surface area contributed by atoms with Gasteiger partial charge in [0.15, 0.2) is 0 Å². The summed E-state index contributed by atoms with van der Waals surface area (Å²) in [4.78, 5) is 14.7. The predicted molar refractivity (Wildman–Crippen MR) is 102 cm³/mol. The van der Waals surface area contributed by atoms with Crippen LogP contribution in [0.4, 0.5) is 0 Å². The van der Waals surface area contributed by atoms with Crippen LogP contribution < -0.4 is 10.5 Å². The highest BCUT2D eigenvalue weighted by Gasteiger charge is 2.29. The molecule has 1 unspecified atom stereocenters. The lowest BCUT2D eigenvalue weighted by molar-refractivity contribution is -0.134. The number of carbonyl (C=O) groups excluding carboxylic acids is 1. The Balaban J connectivity index is 0.00000225. The number of para-hydroxylation sites is 1. The van der Waals surface area contributed by atoms with E-state index in [1.165, 1.54) is 0 Å². The Labute approximate surface area is 155 Å². The third kappa shape index (κ3) is 4.97. The Hall–Kier alpha value is -2.04. The zero-order valence-corrected chi connectivity index (χ0v) is 15.0. The lowest BCUT2D eigenvalue weighted by Crippen LogP contribution is -2.45. The molecule has 25 heavy (non-hydrogen) atoms. The van der Waals surface area contributed by atoms with E-state index in [1.54, 1.807) is 0 Å². The van der Waals surface area contributed by atoms with E-state index in [0.717, 1.165) is 37.2 Å². The first kappa shape index (κ1) is 19.3. The second-order valence-corrected chi connectivity index (χ2v) is 6.15. The lowest BCUT2D eigenvalue weighted by atomic mass is 9.96. The van der Waals surface area contributed by atoms with Crippen LogP contribution in [-0.2, 0) is 4.79 Å². The number of hydrogen-bond donors (Lipinski definition) is 1. The Bertz CT molecular complexity index is 643. The Morgan fingerprint density at radius 3 is 2.16 bits per heavy atom. The van der Waals surface area contributed by atoms with Crippen molar-refractivity contribution in [1.29, 1.82) is 0 Å². The van der Waals surface area contributed by atoms with E-state index < -0.39 is 0 Å². The van der Waals surface area contributed by atoms with Crippen molar-refractivity contribution in [3.63, 3.8) is 0 Å². The summed E-state index contributed by atoms with van der Waals surface area (Å²) < 4.78 is 5.99. The standard InChI is InChI=1S/C20H24N2O2.ClH/c21-15-19(16-7-3-1-4-8-16)20(23)22-13-11-18(12-14-22)24-17-9-5-2-6-10-17;/h1-10,18-19H,11-15,21H2;1H. The fraction of sp³-hybridized carbons (Fsp3) is 0.350. The van der Waals surface area contributed by atoms with Gasteiger partial charge in [0.25, 0.3) is 0 Å². The van der Waals surface area contributed by atoms with Crippen LogP contribution in [0.3, 0.4) is 0 Å². The molecule has 0 aromatic heterocycles. The van der Waals surface area contributed by atoms with Gasteiger partial charge in [0.2, 0.25) is 5.91 Å². The van der Waals surface area contributed by atoms with Crippen LogP contribution in [-0.4, -0.2) is 36.5 Å². The second kappa shape index (κ2) is 9.44. The van der Waals surface area contributed by atoms with Crippen molar-refractivity contribution < 1.29 is 9.53 Å². The van der Waals surface area contributed by atoms with E-state index in [4.69, 9.17) is 10.5 Å². The first-order valence-electron chi connectivity index (χ1n) is 8.53. The number of likely N-dealkylation sites (tertiary alicyclic amines) is 1. The average molecular weight is 361 g/mol. The number of nitrogens with two attached hydrogens (primary N) is 1. The molecular weight excluding hydrogens is 336 g/mol. The van der Waals surface area contributed by atoms with Crippen molar-refractivity contribution >= 4 is 18.3 Å². The third-order valence-corrected chi connectivity index (χ3v) is 4.54. The first-order valence-corrected chi connectivity index (χ1v) is 8.53. The number of nitrogens with zero attached hydrogens (tertiary/aromatic N) is 1. The maximum atomic E-state index is 12.8. The topological polar surface area (TPSA) is 55.6 Å². The van der Waals surface area contributed by atoms with Crippen LogP contribution in [0.5, 0.6) is 5.75 Å². The molecule has 0 saturated carbocycles. The minimum absolute atomic E-state index is 0. The summed E-state index contributed by atoms with van der Waals surface area (Å²) >= 11 is 0. The number of benzene rings is 2. The van der Waals surface area contributed by atoms with Crippen molar-refractivity contribution in [2.24, 2.45) is 5.73 Å². The second-order valence-electron chi connectivity index (χ2n) is 6.15. The van der Waals surface area contributed by atoms with E-state index in [9.17, 15) is 4.79 Å². The fourth-order valence-corrected chi connectivity index (χ4v) is 3.17. The van der Waals surface area contributed by atoms with Gasteiger partial charge in [-0.3, -0.25) is 4.79 Å². The van der Waals surface area contributed by atoms with Gasteiger partial charge in [-0.25, -0.2) is 0 Å². The van der Waals surface area contributed by atoms with Crippen molar-refractivity contribution in [2.75, 3.05) is 19.6 Å². The summed E-state index contributed by atoms with van der Waals surface area (Å²) in [6, 6.07) is 19.7. The van der Waals surface area contributed by atoms with Gasteiger partial charge in [0.1, 0.15) is 11.9 Å². The van der Waals surface area contributed by atoms with Crippen molar-refractivity contribution in [3.05, 3.63) is 66.2 Å². The van der Waals surface area contributed by atoms with Crippen LogP contribution >= 0.6 is 12.4 Å². The van der Waals surface area contributed by atoms with E-state index in [2.05, 4.69) is 0 Å². The van der Waals surface area contributed by atoms with Crippen LogP contribution in [0.25, 0.3) is 0 Å². The van der Waals surface area contributed by atoms with Gasteiger partial charge in [-0.1, -0.05) is 48.5 Å². The molecule has 1 aliphatic heterocycles.